The van der Waals surface area contributed by atoms with Crippen LogP contribution in [0, 0.1) is 0 Å². The topological polar surface area (TPSA) is 96.0 Å². The van der Waals surface area contributed by atoms with Crippen LogP contribution in [0.4, 0.5) is 5.69 Å². The van der Waals surface area contributed by atoms with Crippen LogP contribution in [0.3, 0.4) is 0 Å². The highest BCUT2D eigenvalue weighted by molar-refractivity contribution is 7.92. The molecule has 0 saturated heterocycles. The highest BCUT2D eigenvalue weighted by Crippen LogP contribution is 2.31. The Morgan fingerprint density at radius 1 is 0.851 bits per heavy atom. The van der Waals surface area contributed by atoms with E-state index in [2.05, 4.69) is 5.32 Å². The van der Waals surface area contributed by atoms with Gasteiger partial charge >= 0.3 is 0 Å². The van der Waals surface area contributed by atoms with E-state index in [1.807, 2.05) is 42.5 Å². The number of methoxy groups -OCH3 is 1. The maximum Gasteiger partial charge on any atom is 0.264 e. The van der Waals surface area contributed by atoms with Crippen LogP contribution in [0.1, 0.15) is 36.8 Å². The van der Waals surface area contributed by atoms with Crippen LogP contribution in [-0.4, -0.2) is 50.9 Å². The van der Waals surface area contributed by atoms with Crippen molar-refractivity contribution in [2.45, 2.75) is 55.6 Å². The third kappa shape index (κ3) is 8.66. The predicted molar refractivity (Wildman–Crippen MR) is 185 cm³/mol. The van der Waals surface area contributed by atoms with Crippen LogP contribution >= 0.6 is 23.2 Å². The van der Waals surface area contributed by atoms with Crippen LogP contribution in [0.15, 0.2) is 108 Å². The van der Waals surface area contributed by atoms with E-state index in [0.717, 1.165) is 41.1 Å². The van der Waals surface area contributed by atoms with Gasteiger partial charge in [-0.2, -0.15) is 0 Å². The number of amides is 2. The number of nitrogens with one attached hydrogen (secondary N) is 1. The van der Waals surface area contributed by atoms with Crippen molar-refractivity contribution >= 4 is 50.7 Å². The Hall–Kier alpha value is -4.05. The quantitative estimate of drug-likeness (QED) is 0.164. The predicted octanol–water partition coefficient (Wildman–Crippen LogP) is 6.90. The number of benzene rings is 4. The summed E-state index contributed by atoms with van der Waals surface area (Å²) < 4.78 is 34.7. The first kappa shape index (κ1) is 34.3. The molecule has 1 aliphatic rings. The van der Waals surface area contributed by atoms with Gasteiger partial charge in [-0.15, -0.1) is 0 Å². The fourth-order valence-electron chi connectivity index (χ4n) is 5.78. The molecule has 1 fully saturated rings. The summed E-state index contributed by atoms with van der Waals surface area (Å²) in [6.45, 7) is -0.562. The van der Waals surface area contributed by atoms with E-state index in [1.165, 1.54) is 35.2 Å². The lowest BCUT2D eigenvalue weighted by molar-refractivity contribution is -0.140. The van der Waals surface area contributed by atoms with Gasteiger partial charge in [0, 0.05) is 19.0 Å². The molecular weight excluding hydrogens is 657 g/mol. The maximum atomic E-state index is 14.6. The van der Waals surface area contributed by atoms with Crippen LogP contribution in [0.2, 0.25) is 10.0 Å². The van der Waals surface area contributed by atoms with Crippen molar-refractivity contribution in [3.63, 3.8) is 0 Å². The molecule has 1 aliphatic carbocycles. The molecule has 0 radical (unpaired) electrons. The highest BCUT2D eigenvalue weighted by atomic mass is 35.5. The van der Waals surface area contributed by atoms with Crippen molar-refractivity contribution < 1.29 is 22.7 Å². The average Bonchev–Trinajstić information content (AvgIpc) is 3.60. The molecule has 1 unspecified atom stereocenters. The minimum atomic E-state index is -4.26. The number of nitrogens with zero attached hydrogens (tertiary/aromatic N) is 2. The van der Waals surface area contributed by atoms with Crippen molar-refractivity contribution in [3.05, 3.63) is 124 Å². The van der Waals surface area contributed by atoms with Crippen LogP contribution < -0.4 is 14.4 Å². The summed E-state index contributed by atoms with van der Waals surface area (Å²) >= 11 is 12.5. The number of carbonyl (C=O) groups excluding carboxylic acids is 2. The Morgan fingerprint density at radius 3 is 2.17 bits per heavy atom. The second-order valence-corrected chi connectivity index (χ2v) is 14.2. The van der Waals surface area contributed by atoms with Gasteiger partial charge in [0.2, 0.25) is 11.8 Å². The lowest BCUT2D eigenvalue weighted by Gasteiger charge is -2.34. The van der Waals surface area contributed by atoms with Gasteiger partial charge < -0.3 is 15.0 Å². The van der Waals surface area contributed by atoms with Gasteiger partial charge in [-0.25, -0.2) is 8.42 Å². The molecule has 4 aromatic carbocycles. The van der Waals surface area contributed by atoms with Gasteiger partial charge in [-0.3, -0.25) is 13.9 Å². The number of halogens is 2. The third-order valence-corrected chi connectivity index (χ3v) is 10.8. The summed E-state index contributed by atoms with van der Waals surface area (Å²) in [6, 6.07) is 28.1. The molecule has 0 bridgehead atoms. The molecule has 1 N–H and O–H groups in total. The number of anilines is 1. The maximum absolute atomic E-state index is 14.6. The summed E-state index contributed by atoms with van der Waals surface area (Å²) in [4.78, 5) is 30.2. The average molecular weight is 695 g/mol. The van der Waals surface area contributed by atoms with Gasteiger partial charge in [-0.1, -0.05) is 96.7 Å². The van der Waals surface area contributed by atoms with E-state index >= 15 is 0 Å². The summed E-state index contributed by atoms with van der Waals surface area (Å²) in [6.07, 6.45) is 4.02. The zero-order chi connectivity index (χ0) is 33.4. The summed E-state index contributed by atoms with van der Waals surface area (Å²) in [5.41, 5.74) is 1.74. The normalized spacial score (nSPS) is 13.9. The number of sulfonamides is 1. The number of carbonyl (C=O) groups is 2. The number of hydrogen-bond donors (Lipinski definition) is 1. The molecule has 0 heterocycles. The number of hydrogen-bond acceptors (Lipinski definition) is 5. The fourth-order valence-corrected chi connectivity index (χ4v) is 7.50. The first-order valence-corrected chi connectivity index (χ1v) is 17.6. The lowest BCUT2D eigenvalue weighted by Crippen LogP contribution is -2.54. The molecule has 4 aromatic rings. The summed E-state index contributed by atoms with van der Waals surface area (Å²) in [5, 5.41) is 3.55. The molecular formula is C36H37Cl2N3O5S. The van der Waals surface area contributed by atoms with Crippen molar-refractivity contribution in [3.8, 4) is 5.75 Å². The number of ether oxygens (including phenoxy) is 1. The minimum Gasteiger partial charge on any atom is -0.497 e. The lowest BCUT2D eigenvalue weighted by atomic mass is 10.0. The molecule has 2 amide bonds. The Morgan fingerprint density at radius 2 is 1.51 bits per heavy atom. The van der Waals surface area contributed by atoms with Crippen LogP contribution in [0.5, 0.6) is 5.75 Å². The van der Waals surface area contributed by atoms with Crippen LogP contribution in [-0.2, 0) is 32.6 Å². The fraction of sp³-hybridized carbons (Fsp3) is 0.278. The largest absolute Gasteiger partial charge is 0.497 e. The molecule has 8 nitrogen and oxygen atoms in total. The van der Waals surface area contributed by atoms with Gasteiger partial charge in [0.1, 0.15) is 18.3 Å². The molecule has 47 heavy (non-hydrogen) atoms. The first-order valence-electron chi connectivity index (χ1n) is 15.5. The smallest absolute Gasteiger partial charge is 0.264 e. The monoisotopic (exact) mass is 693 g/mol. The summed E-state index contributed by atoms with van der Waals surface area (Å²) in [5.74, 6) is -0.265. The number of rotatable bonds is 13. The Bertz CT molecular complexity index is 1790. The molecule has 1 saturated carbocycles. The SMILES string of the molecule is COc1cccc(CN(C(=O)CN(c2ccc(Cl)c(Cl)c2)S(=O)(=O)c2ccccc2)C(Cc2ccccc2)C(=O)NC2CCCC2)c1. The molecule has 1 atom stereocenters. The summed E-state index contributed by atoms with van der Waals surface area (Å²) in [7, 11) is -2.70. The van der Waals surface area contributed by atoms with E-state index in [0.29, 0.717) is 5.75 Å². The molecule has 11 heteroatoms. The van der Waals surface area contributed by atoms with Gasteiger partial charge in [0.05, 0.1) is 27.7 Å². The molecule has 5 rings (SSSR count). The molecule has 0 spiro atoms. The van der Waals surface area contributed by atoms with Crippen molar-refractivity contribution in [1.29, 1.82) is 0 Å². The van der Waals surface area contributed by atoms with E-state index in [4.69, 9.17) is 27.9 Å². The van der Waals surface area contributed by atoms with Crippen molar-refractivity contribution in [2.24, 2.45) is 0 Å². The van der Waals surface area contributed by atoms with Gasteiger partial charge in [0.15, 0.2) is 0 Å². The first-order chi connectivity index (χ1) is 22.7. The Balaban J connectivity index is 1.58. The Labute approximate surface area is 286 Å². The van der Waals surface area contributed by atoms with E-state index in [9.17, 15) is 18.0 Å². The van der Waals surface area contributed by atoms with E-state index in [1.54, 1.807) is 37.4 Å². The van der Waals surface area contributed by atoms with Gasteiger partial charge in [-0.05, 0) is 66.4 Å². The standard InChI is InChI=1S/C36H37Cl2N3O5S/c1-46-30-16-10-13-27(21-30)24-40(34(22-26-11-4-2-5-12-26)36(43)39-28-14-8-9-15-28)35(42)25-41(29-19-20-32(37)33(38)23-29)47(44,45)31-17-6-3-7-18-31/h2-7,10-13,16-21,23,28,34H,8-9,14-15,22,24-25H2,1H3,(H,39,43). The van der Waals surface area contributed by atoms with Crippen LogP contribution in [0.25, 0.3) is 0 Å². The second-order valence-electron chi connectivity index (χ2n) is 11.5. The van der Waals surface area contributed by atoms with E-state index < -0.39 is 28.5 Å². The second kappa shape index (κ2) is 15.7. The van der Waals surface area contributed by atoms with Crippen molar-refractivity contribution in [1.82, 2.24) is 10.2 Å². The minimum absolute atomic E-state index is 0.00182. The van der Waals surface area contributed by atoms with Crippen molar-refractivity contribution in [2.75, 3.05) is 18.0 Å². The molecule has 0 aliphatic heterocycles. The van der Waals surface area contributed by atoms with Gasteiger partial charge in [0.25, 0.3) is 10.0 Å². The van der Waals surface area contributed by atoms with E-state index in [-0.39, 0.29) is 45.5 Å². The molecule has 0 aromatic heterocycles. The Kier molecular flexibility index (Phi) is 11.4. The third-order valence-electron chi connectivity index (χ3n) is 8.26. The zero-order valence-electron chi connectivity index (χ0n) is 26.0. The highest BCUT2D eigenvalue weighted by Gasteiger charge is 2.35. The molecule has 246 valence electrons. The zero-order valence-corrected chi connectivity index (χ0v) is 28.3.